The summed E-state index contributed by atoms with van der Waals surface area (Å²) in [7, 11) is 0. The Morgan fingerprint density at radius 3 is 2.57 bits per heavy atom. The molecule has 2 aromatic rings. The van der Waals surface area contributed by atoms with E-state index in [1.165, 1.54) is 0 Å². The monoisotopic (exact) mass is 380 g/mol. The number of nitrogens with one attached hydrogen (secondary N) is 1. The smallest absolute Gasteiger partial charge is 0.227 e. The molecule has 0 aliphatic carbocycles. The fraction of sp³-hybridized carbons (Fsp3) is 0.364. The Morgan fingerprint density at radius 2 is 1.86 bits per heavy atom. The Morgan fingerprint density at radius 1 is 1.11 bits per heavy atom. The number of carbonyl (C=O) groups is 2. The molecule has 1 saturated heterocycles. The Bertz CT molecular complexity index is 879. The van der Waals surface area contributed by atoms with Crippen molar-refractivity contribution < 1.29 is 19.1 Å². The van der Waals surface area contributed by atoms with E-state index < -0.39 is 0 Å². The van der Waals surface area contributed by atoms with E-state index in [4.69, 9.17) is 9.47 Å². The molecule has 0 unspecified atom stereocenters. The fourth-order valence-electron chi connectivity index (χ4n) is 3.61. The minimum atomic E-state index is -0.134. The third-order valence-electron chi connectivity index (χ3n) is 5.13. The first kappa shape index (κ1) is 18.3. The number of amides is 2. The van der Waals surface area contributed by atoms with Crippen molar-refractivity contribution in [1.29, 1.82) is 0 Å². The Hall–Kier alpha value is -3.02. The number of hydrogen-bond acceptors (Lipinski definition) is 4. The SMILES string of the molecule is C[C@H](NC(=O)Cc1ccc(N2CCCC2=O)cc1)c1ccc2c(c1)OCCO2. The molecule has 1 fully saturated rings. The summed E-state index contributed by atoms with van der Waals surface area (Å²) in [5, 5.41) is 3.03. The highest BCUT2D eigenvalue weighted by Crippen LogP contribution is 2.32. The van der Waals surface area contributed by atoms with Gasteiger partial charge < -0.3 is 19.7 Å². The zero-order chi connectivity index (χ0) is 19.5. The van der Waals surface area contributed by atoms with Gasteiger partial charge in [0.1, 0.15) is 13.2 Å². The van der Waals surface area contributed by atoms with Crippen molar-refractivity contribution in [3.8, 4) is 11.5 Å². The van der Waals surface area contributed by atoms with Gasteiger partial charge in [0, 0.05) is 18.7 Å². The number of rotatable bonds is 5. The normalized spacial score (nSPS) is 16.8. The van der Waals surface area contributed by atoms with Crippen LogP contribution in [0.4, 0.5) is 5.69 Å². The Kier molecular flexibility index (Phi) is 5.19. The summed E-state index contributed by atoms with van der Waals surface area (Å²) in [5.41, 5.74) is 2.79. The molecule has 0 saturated carbocycles. The molecule has 4 rings (SSSR count). The lowest BCUT2D eigenvalue weighted by Crippen LogP contribution is -2.28. The topological polar surface area (TPSA) is 67.9 Å². The van der Waals surface area contributed by atoms with Crippen LogP contribution >= 0.6 is 0 Å². The zero-order valence-corrected chi connectivity index (χ0v) is 15.9. The lowest BCUT2D eigenvalue weighted by molar-refractivity contribution is -0.121. The summed E-state index contributed by atoms with van der Waals surface area (Å²) in [6, 6.07) is 13.3. The van der Waals surface area contributed by atoms with Crippen molar-refractivity contribution in [2.24, 2.45) is 0 Å². The van der Waals surface area contributed by atoms with Crippen LogP contribution in [0.5, 0.6) is 11.5 Å². The van der Waals surface area contributed by atoms with E-state index in [9.17, 15) is 9.59 Å². The highest BCUT2D eigenvalue weighted by molar-refractivity contribution is 5.95. The number of fused-ring (bicyclic) bond motifs is 1. The van der Waals surface area contributed by atoms with Gasteiger partial charge in [0.2, 0.25) is 11.8 Å². The average molecular weight is 380 g/mol. The van der Waals surface area contributed by atoms with Crippen LogP contribution in [0.15, 0.2) is 42.5 Å². The number of anilines is 1. The van der Waals surface area contributed by atoms with Gasteiger partial charge in [-0.3, -0.25) is 9.59 Å². The lowest BCUT2D eigenvalue weighted by atomic mass is 10.1. The number of carbonyl (C=O) groups excluding carboxylic acids is 2. The minimum Gasteiger partial charge on any atom is -0.486 e. The maximum absolute atomic E-state index is 12.4. The van der Waals surface area contributed by atoms with Crippen molar-refractivity contribution in [3.63, 3.8) is 0 Å². The second kappa shape index (κ2) is 7.92. The molecular formula is C22H24N2O4. The maximum Gasteiger partial charge on any atom is 0.227 e. The average Bonchev–Trinajstić information content (AvgIpc) is 3.14. The molecule has 2 aliphatic rings. The zero-order valence-electron chi connectivity index (χ0n) is 15.9. The first-order chi connectivity index (χ1) is 13.6. The van der Waals surface area contributed by atoms with Crippen LogP contribution < -0.4 is 19.7 Å². The van der Waals surface area contributed by atoms with Crippen molar-refractivity contribution in [2.45, 2.75) is 32.2 Å². The molecule has 2 aliphatic heterocycles. The quantitative estimate of drug-likeness (QED) is 0.866. The molecule has 2 heterocycles. The van der Waals surface area contributed by atoms with Crippen LogP contribution in [0, 0.1) is 0 Å². The van der Waals surface area contributed by atoms with Crippen molar-refractivity contribution in [2.75, 3.05) is 24.7 Å². The summed E-state index contributed by atoms with van der Waals surface area (Å²) in [6.45, 7) is 3.82. The number of hydrogen-bond donors (Lipinski definition) is 1. The van der Waals surface area contributed by atoms with E-state index in [1.807, 2.05) is 49.4 Å². The lowest BCUT2D eigenvalue weighted by Gasteiger charge is -2.21. The molecule has 0 radical (unpaired) electrons. The summed E-state index contributed by atoms with van der Waals surface area (Å²) in [5.74, 6) is 1.58. The van der Waals surface area contributed by atoms with Gasteiger partial charge in [0.15, 0.2) is 11.5 Å². The van der Waals surface area contributed by atoms with E-state index in [-0.39, 0.29) is 17.9 Å². The van der Waals surface area contributed by atoms with Gasteiger partial charge in [-0.05, 0) is 48.7 Å². The molecule has 0 bridgehead atoms. The molecular weight excluding hydrogens is 356 g/mol. The molecule has 1 N–H and O–H groups in total. The molecule has 6 heteroatoms. The molecule has 6 nitrogen and oxygen atoms in total. The van der Waals surface area contributed by atoms with Gasteiger partial charge in [0.05, 0.1) is 12.5 Å². The molecule has 2 amide bonds. The van der Waals surface area contributed by atoms with Gasteiger partial charge >= 0.3 is 0 Å². The second-order valence-corrected chi connectivity index (χ2v) is 7.18. The van der Waals surface area contributed by atoms with Crippen LogP contribution in [0.1, 0.15) is 36.9 Å². The van der Waals surface area contributed by atoms with Gasteiger partial charge in [-0.1, -0.05) is 18.2 Å². The standard InChI is InChI=1S/C22H24N2O4/c1-15(17-6-9-19-20(14-17)28-12-11-27-19)23-21(25)13-16-4-7-18(8-5-16)24-10-2-3-22(24)26/h4-9,14-15H,2-3,10-13H2,1H3,(H,23,25)/t15-/m0/s1. The predicted molar refractivity (Wildman–Crippen MR) is 106 cm³/mol. The molecule has 28 heavy (non-hydrogen) atoms. The summed E-state index contributed by atoms with van der Waals surface area (Å²) in [6.07, 6.45) is 1.81. The summed E-state index contributed by atoms with van der Waals surface area (Å²) >= 11 is 0. The summed E-state index contributed by atoms with van der Waals surface area (Å²) in [4.78, 5) is 26.1. The third kappa shape index (κ3) is 3.96. The Labute approximate surface area is 164 Å². The highest BCUT2D eigenvalue weighted by Gasteiger charge is 2.21. The largest absolute Gasteiger partial charge is 0.486 e. The first-order valence-corrected chi connectivity index (χ1v) is 9.68. The molecule has 146 valence electrons. The van der Waals surface area contributed by atoms with E-state index >= 15 is 0 Å². The number of nitrogens with zero attached hydrogens (tertiary/aromatic N) is 1. The van der Waals surface area contributed by atoms with Gasteiger partial charge in [0.25, 0.3) is 0 Å². The first-order valence-electron chi connectivity index (χ1n) is 9.68. The van der Waals surface area contributed by atoms with Crippen LogP contribution in [0.2, 0.25) is 0 Å². The molecule has 0 spiro atoms. The maximum atomic E-state index is 12.4. The van der Waals surface area contributed by atoms with E-state index in [0.717, 1.165) is 41.3 Å². The van der Waals surface area contributed by atoms with E-state index in [2.05, 4.69) is 5.32 Å². The fourth-order valence-corrected chi connectivity index (χ4v) is 3.61. The van der Waals surface area contributed by atoms with Crippen LogP contribution in [0.3, 0.4) is 0 Å². The van der Waals surface area contributed by atoms with Crippen molar-refractivity contribution in [1.82, 2.24) is 5.32 Å². The number of ether oxygens (including phenoxy) is 2. The van der Waals surface area contributed by atoms with Gasteiger partial charge in [-0.2, -0.15) is 0 Å². The molecule has 1 atom stereocenters. The van der Waals surface area contributed by atoms with Crippen LogP contribution in [0.25, 0.3) is 0 Å². The highest BCUT2D eigenvalue weighted by atomic mass is 16.6. The predicted octanol–water partition coefficient (Wildman–Crippen LogP) is 3.00. The van der Waals surface area contributed by atoms with Crippen molar-refractivity contribution >= 4 is 17.5 Å². The van der Waals surface area contributed by atoms with Crippen LogP contribution in [-0.4, -0.2) is 31.6 Å². The van der Waals surface area contributed by atoms with E-state index in [1.54, 1.807) is 4.90 Å². The van der Waals surface area contributed by atoms with Crippen molar-refractivity contribution in [3.05, 3.63) is 53.6 Å². The van der Waals surface area contributed by atoms with E-state index in [0.29, 0.717) is 26.1 Å². The third-order valence-corrected chi connectivity index (χ3v) is 5.13. The summed E-state index contributed by atoms with van der Waals surface area (Å²) < 4.78 is 11.1. The molecule has 2 aromatic carbocycles. The van der Waals surface area contributed by atoms with Gasteiger partial charge in [-0.15, -0.1) is 0 Å². The van der Waals surface area contributed by atoms with Gasteiger partial charge in [-0.25, -0.2) is 0 Å². The second-order valence-electron chi connectivity index (χ2n) is 7.18. The van der Waals surface area contributed by atoms with Crippen LogP contribution in [-0.2, 0) is 16.0 Å². The minimum absolute atomic E-state index is 0.0487. The Balaban J connectivity index is 1.35. The number of benzene rings is 2. The molecule has 0 aromatic heterocycles.